The van der Waals surface area contributed by atoms with E-state index in [2.05, 4.69) is 23.5 Å². The highest BCUT2D eigenvalue weighted by Crippen LogP contribution is 1.88. The van der Waals surface area contributed by atoms with Gasteiger partial charge in [0, 0.05) is 12.6 Å². The molecular formula is C9H14N2O. The van der Waals surface area contributed by atoms with Gasteiger partial charge in [-0.15, -0.1) is 0 Å². The van der Waals surface area contributed by atoms with Gasteiger partial charge >= 0.3 is 0 Å². The van der Waals surface area contributed by atoms with Crippen molar-refractivity contribution in [1.29, 1.82) is 0 Å². The molecule has 0 saturated carbocycles. The molecule has 0 heterocycles. The van der Waals surface area contributed by atoms with Gasteiger partial charge in [-0.3, -0.25) is 9.79 Å². The Balaban J connectivity index is 3.64. The topological polar surface area (TPSA) is 41.5 Å². The summed E-state index contributed by atoms with van der Waals surface area (Å²) in [4.78, 5) is 14.7. The Morgan fingerprint density at radius 3 is 2.83 bits per heavy atom. The summed E-state index contributed by atoms with van der Waals surface area (Å²) in [7, 11) is 0. The Bertz CT molecular complexity index is 207. The Kier molecular flexibility index (Phi) is 5.61. The van der Waals surface area contributed by atoms with Gasteiger partial charge in [0.15, 0.2) is 0 Å². The van der Waals surface area contributed by atoms with Gasteiger partial charge in [-0.1, -0.05) is 26.2 Å². The van der Waals surface area contributed by atoms with Crippen molar-refractivity contribution < 1.29 is 4.79 Å². The molecule has 0 aliphatic heterocycles. The Morgan fingerprint density at radius 1 is 1.67 bits per heavy atom. The highest BCUT2D eigenvalue weighted by Gasteiger charge is 1.95. The van der Waals surface area contributed by atoms with Crippen molar-refractivity contribution in [3.8, 4) is 0 Å². The Labute approximate surface area is 72.9 Å². The number of rotatable bonds is 5. The van der Waals surface area contributed by atoms with Gasteiger partial charge in [-0.25, -0.2) is 0 Å². The minimum absolute atomic E-state index is 0.00459. The maximum absolute atomic E-state index is 10.8. The van der Waals surface area contributed by atoms with Crippen LogP contribution in [-0.4, -0.2) is 18.7 Å². The molecule has 0 unspecified atom stereocenters. The highest BCUT2D eigenvalue weighted by molar-refractivity contribution is 5.76. The SMILES string of the molecule is C=CC=NC(=C)CNC(=O)CC. The van der Waals surface area contributed by atoms with Crippen LogP contribution in [0, 0.1) is 0 Å². The molecule has 3 heteroatoms. The highest BCUT2D eigenvalue weighted by atomic mass is 16.1. The van der Waals surface area contributed by atoms with Crippen LogP contribution in [0.2, 0.25) is 0 Å². The van der Waals surface area contributed by atoms with Crippen LogP contribution in [0.25, 0.3) is 0 Å². The molecule has 1 amide bonds. The molecule has 1 N–H and O–H groups in total. The summed E-state index contributed by atoms with van der Waals surface area (Å²) in [5, 5.41) is 2.65. The van der Waals surface area contributed by atoms with Gasteiger partial charge in [0.1, 0.15) is 0 Å². The predicted octanol–water partition coefficient (Wildman–Crippen LogP) is 1.28. The van der Waals surface area contributed by atoms with Crippen molar-refractivity contribution in [2.24, 2.45) is 4.99 Å². The van der Waals surface area contributed by atoms with Gasteiger partial charge in [0.25, 0.3) is 0 Å². The first-order chi connectivity index (χ1) is 5.70. The zero-order valence-corrected chi connectivity index (χ0v) is 7.34. The van der Waals surface area contributed by atoms with E-state index in [4.69, 9.17) is 0 Å². The number of hydrogen-bond acceptors (Lipinski definition) is 2. The molecule has 0 spiro atoms. The normalized spacial score (nSPS) is 9.75. The second kappa shape index (κ2) is 6.34. The molecule has 0 aromatic heterocycles. The average molecular weight is 166 g/mol. The van der Waals surface area contributed by atoms with E-state index in [0.29, 0.717) is 18.7 Å². The summed E-state index contributed by atoms with van der Waals surface area (Å²) in [5.41, 5.74) is 0.622. The number of hydrogen-bond donors (Lipinski definition) is 1. The fourth-order valence-electron chi connectivity index (χ4n) is 0.529. The average Bonchev–Trinajstić information content (AvgIpc) is 2.10. The molecular weight excluding hydrogens is 152 g/mol. The Hall–Kier alpha value is -1.38. The fraction of sp³-hybridized carbons (Fsp3) is 0.333. The predicted molar refractivity (Wildman–Crippen MR) is 51.1 cm³/mol. The van der Waals surface area contributed by atoms with Crippen molar-refractivity contribution in [2.45, 2.75) is 13.3 Å². The lowest BCUT2D eigenvalue weighted by Gasteiger charge is -2.01. The zero-order valence-electron chi connectivity index (χ0n) is 7.34. The van der Waals surface area contributed by atoms with Gasteiger partial charge in [0.2, 0.25) is 5.91 Å². The first-order valence-electron chi connectivity index (χ1n) is 3.80. The molecule has 0 bridgehead atoms. The van der Waals surface area contributed by atoms with E-state index in [0.717, 1.165) is 0 Å². The molecule has 12 heavy (non-hydrogen) atoms. The van der Waals surface area contributed by atoms with Crippen LogP contribution in [0.4, 0.5) is 0 Å². The number of aliphatic imine (C=N–C) groups is 1. The van der Waals surface area contributed by atoms with Crippen molar-refractivity contribution in [1.82, 2.24) is 5.32 Å². The van der Waals surface area contributed by atoms with Crippen LogP contribution in [-0.2, 0) is 4.79 Å². The summed E-state index contributed by atoms with van der Waals surface area (Å²) in [6.45, 7) is 9.30. The van der Waals surface area contributed by atoms with E-state index in [9.17, 15) is 4.79 Å². The number of allylic oxidation sites excluding steroid dienone is 1. The lowest BCUT2D eigenvalue weighted by Crippen LogP contribution is -2.23. The van der Waals surface area contributed by atoms with Gasteiger partial charge in [0.05, 0.1) is 12.2 Å². The van der Waals surface area contributed by atoms with Crippen LogP contribution in [0.3, 0.4) is 0 Å². The van der Waals surface area contributed by atoms with Gasteiger partial charge in [-0.05, 0) is 0 Å². The van der Waals surface area contributed by atoms with Crippen LogP contribution >= 0.6 is 0 Å². The number of amides is 1. The fourth-order valence-corrected chi connectivity index (χ4v) is 0.529. The number of nitrogens with one attached hydrogen (secondary N) is 1. The van der Waals surface area contributed by atoms with E-state index < -0.39 is 0 Å². The van der Waals surface area contributed by atoms with E-state index >= 15 is 0 Å². The van der Waals surface area contributed by atoms with Crippen LogP contribution in [0.1, 0.15) is 13.3 Å². The van der Waals surface area contributed by atoms with E-state index in [-0.39, 0.29) is 5.91 Å². The van der Waals surface area contributed by atoms with Crippen molar-refractivity contribution in [3.05, 3.63) is 24.9 Å². The molecule has 0 rings (SSSR count). The summed E-state index contributed by atoms with van der Waals surface area (Å²) >= 11 is 0. The van der Waals surface area contributed by atoms with Crippen LogP contribution < -0.4 is 5.32 Å². The minimum Gasteiger partial charge on any atom is -0.350 e. The summed E-state index contributed by atoms with van der Waals surface area (Å²) in [6.07, 6.45) is 3.59. The molecule has 0 aromatic rings. The first-order valence-corrected chi connectivity index (χ1v) is 3.80. The van der Waals surface area contributed by atoms with E-state index in [1.807, 2.05) is 0 Å². The lowest BCUT2D eigenvalue weighted by molar-refractivity contribution is -0.120. The smallest absolute Gasteiger partial charge is 0.220 e. The maximum atomic E-state index is 10.8. The summed E-state index contributed by atoms with van der Waals surface area (Å²) in [6, 6.07) is 0. The minimum atomic E-state index is 0.00459. The van der Waals surface area contributed by atoms with Crippen molar-refractivity contribution in [3.63, 3.8) is 0 Å². The van der Waals surface area contributed by atoms with Crippen molar-refractivity contribution in [2.75, 3.05) is 6.54 Å². The molecule has 0 aromatic carbocycles. The third-order valence-electron chi connectivity index (χ3n) is 1.17. The summed E-state index contributed by atoms with van der Waals surface area (Å²) in [5.74, 6) is 0.00459. The standard InChI is InChI=1S/C9H14N2O/c1-4-6-10-8(3)7-11-9(12)5-2/h4,6H,1,3,5,7H2,2H3,(H,11,12). The number of carbonyl (C=O) groups is 1. The zero-order chi connectivity index (χ0) is 9.40. The quantitative estimate of drug-likeness (QED) is 0.614. The maximum Gasteiger partial charge on any atom is 0.220 e. The monoisotopic (exact) mass is 166 g/mol. The molecule has 66 valence electrons. The number of nitrogens with zero attached hydrogens (tertiary/aromatic N) is 1. The molecule has 0 fully saturated rings. The third kappa shape index (κ3) is 5.41. The number of carbonyl (C=O) groups excluding carboxylic acids is 1. The molecule has 0 radical (unpaired) electrons. The largest absolute Gasteiger partial charge is 0.350 e. The van der Waals surface area contributed by atoms with E-state index in [1.165, 1.54) is 0 Å². The van der Waals surface area contributed by atoms with Crippen LogP contribution in [0.5, 0.6) is 0 Å². The van der Waals surface area contributed by atoms with E-state index in [1.54, 1.807) is 19.2 Å². The second-order valence-electron chi connectivity index (χ2n) is 2.21. The molecule has 0 saturated heterocycles. The molecule has 0 aliphatic rings. The molecule has 3 nitrogen and oxygen atoms in total. The van der Waals surface area contributed by atoms with Gasteiger partial charge in [-0.2, -0.15) is 0 Å². The van der Waals surface area contributed by atoms with Gasteiger partial charge < -0.3 is 5.32 Å². The second-order valence-corrected chi connectivity index (χ2v) is 2.21. The summed E-state index contributed by atoms with van der Waals surface area (Å²) < 4.78 is 0. The molecule has 0 atom stereocenters. The Morgan fingerprint density at radius 2 is 2.33 bits per heavy atom. The third-order valence-corrected chi connectivity index (χ3v) is 1.17. The molecule has 0 aliphatic carbocycles. The first kappa shape index (κ1) is 10.6. The van der Waals surface area contributed by atoms with Crippen LogP contribution in [0.15, 0.2) is 29.9 Å². The van der Waals surface area contributed by atoms with Crippen molar-refractivity contribution >= 4 is 12.1 Å². The lowest BCUT2D eigenvalue weighted by atomic mass is 10.4.